The first-order valence-electron chi connectivity index (χ1n) is 8.31. The third-order valence-electron chi connectivity index (χ3n) is 4.20. The Morgan fingerprint density at radius 2 is 1.73 bits per heavy atom. The molecule has 6 nitrogen and oxygen atoms in total. The minimum absolute atomic E-state index is 0.120. The highest BCUT2D eigenvalue weighted by molar-refractivity contribution is 7.90. The Labute approximate surface area is 152 Å². The molecule has 26 heavy (non-hydrogen) atoms. The standard InChI is InChI=1S/C19H21N3O3S/c1-12(2)17(18-20-15-6-4-5-7-16(15)21-18)22-19(23)13-8-10-14(11-9-13)26(3,24)25/h4-12,17H,1-3H3,(H,20,21)(H,22,23). The lowest BCUT2D eigenvalue weighted by Crippen LogP contribution is -2.32. The lowest BCUT2D eigenvalue weighted by molar-refractivity contribution is 0.0923. The van der Waals surface area contributed by atoms with E-state index in [9.17, 15) is 13.2 Å². The second-order valence-electron chi connectivity index (χ2n) is 6.63. The fourth-order valence-corrected chi connectivity index (χ4v) is 3.38. The summed E-state index contributed by atoms with van der Waals surface area (Å²) in [5.74, 6) is 0.543. The van der Waals surface area contributed by atoms with Gasteiger partial charge in [-0.25, -0.2) is 13.4 Å². The van der Waals surface area contributed by atoms with Crippen molar-refractivity contribution in [2.75, 3.05) is 6.26 Å². The molecule has 1 aromatic heterocycles. The first-order valence-corrected chi connectivity index (χ1v) is 10.2. The molecule has 2 N–H and O–H groups in total. The van der Waals surface area contributed by atoms with Gasteiger partial charge >= 0.3 is 0 Å². The van der Waals surface area contributed by atoms with Crippen molar-refractivity contribution in [3.8, 4) is 0 Å². The normalized spacial score (nSPS) is 13.1. The Bertz CT molecular complexity index is 1000. The number of carbonyl (C=O) groups is 1. The van der Waals surface area contributed by atoms with Crippen LogP contribution in [0.25, 0.3) is 11.0 Å². The minimum atomic E-state index is -3.29. The number of fused-ring (bicyclic) bond motifs is 1. The summed E-state index contributed by atoms with van der Waals surface area (Å²) >= 11 is 0. The summed E-state index contributed by atoms with van der Waals surface area (Å²) in [4.78, 5) is 20.6. The number of aromatic nitrogens is 2. The largest absolute Gasteiger partial charge is 0.342 e. The van der Waals surface area contributed by atoms with Crippen molar-refractivity contribution >= 4 is 26.8 Å². The van der Waals surface area contributed by atoms with Crippen LogP contribution in [0.15, 0.2) is 53.4 Å². The van der Waals surface area contributed by atoms with E-state index < -0.39 is 9.84 Å². The predicted molar refractivity (Wildman–Crippen MR) is 101 cm³/mol. The third-order valence-corrected chi connectivity index (χ3v) is 5.33. The molecule has 1 unspecified atom stereocenters. The number of hydrogen-bond acceptors (Lipinski definition) is 4. The Kier molecular flexibility index (Phi) is 4.82. The second-order valence-corrected chi connectivity index (χ2v) is 8.65. The van der Waals surface area contributed by atoms with Crippen molar-refractivity contribution in [2.45, 2.75) is 24.8 Å². The summed E-state index contributed by atoms with van der Waals surface area (Å²) in [6, 6.07) is 13.3. The van der Waals surface area contributed by atoms with E-state index >= 15 is 0 Å². The Hall–Kier alpha value is -2.67. The molecule has 0 fully saturated rings. The maximum Gasteiger partial charge on any atom is 0.251 e. The van der Waals surface area contributed by atoms with Crippen LogP contribution in [0.5, 0.6) is 0 Å². The summed E-state index contributed by atoms with van der Waals surface area (Å²) < 4.78 is 23.1. The van der Waals surface area contributed by atoms with Gasteiger partial charge in [-0.3, -0.25) is 4.79 Å². The van der Waals surface area contributed by atoms with Crippen molar-refractivity contribution in [1.82, 2.24) is 15.3 Å². The van der Waals surface area contributed by atoms with E-state index in [4.69, 9.17) is 0 Å². The molecule has 0 spiro atoms. The zero-order valence-electron chi connectivity index (χ0n) is 14.9. The van der Waals surface area contributed by atoms with Gasteiger partial charge in [0.2, 0.25) is 0 Å². The van der Waals surface area contributed by atoms with E-state index in [1.807, 2.05) is 38.1 Å². The number of amides is 1. The van der Waals surface area contributed by atoms with Crippen molar-refractivity contribution in [3.05, 3.63) is 59.9 Å². The van der Waals surface area contributed by atoms with Gasteiger partial charge in [-0.05, 0) is 42.3 Å². The van der Waals surface area contributed by atoms with Crippen LogP contribution in [0, 0.1) is 5.92 Å². The van der Waals surface area contributed by atoms with E-state index in [-0.39, 0.29) is 22.8 Å². The molecule has 3 rings (SSSR count). The summed E-state index contributed by atoms with van der Waals surface area (Å²) in [6.45, 7) is 4.01. The van der Waals surface area contributed by atoms with Crippen molar-refractivity contribution in [1.29, 1.82) is 0 Å². The Morgan fingerprint density at radius 1 is 1.08 bits per heavy atom. The number of hydrogen-bond donors (Lipinski definition) is 2. The smallest absolute Gasteiger partial charge is 0.251 e. The molecule has 0 radical (unpaired) electrons. The van der Waals surface area contributed by atoms with Crippen LogP contribution < -0.4 is 5.32 Å². The van der Waals surface area contributed by atoms with Gasteiger partial charge in [-0.1, -0.05) is 26.0 Å². The van der Waals surface area contributed by atoms with Crippen molar-refractivity contribution in [3.63, 3.8) is 0 Å². The van der Waals surface area contributed by atoms with Crippen molar-refractivity contribution in [2.24, 2.45) is 5.92 Å². The van der Waals surface area contributed by atoms with Gasteiger partial charge in [0.25, 0.3) is 5.91 Å². The van der Waals surface area contributed by atoms with Crippen LogP contribution in [0.1, 0.15) is 36.1 Å². The van der Waals surface area contributed by atoms with Gasteiger partial charge in [0.05, 0.1) is 22.0 Å². The predicted octanol–water partition coefficient (Wildman–Crippen LogP) is 3.09. The fourth-order valence-electron chi connectivity index (χ4n) is 2.75. The highest BCUT2D eigenvalue weighted by Crippen LogP contribution is 2.23. The Morgan fingerprint density at radius 3 is 2.31 bits per heavy atom. The van der Waals surface area contributed by atoms with E-state index in [2.05, 4.69) is 15.3 Å². The van der Waals surface area contributed by atoms with Gasteiger partial charge in [-0.15, -0.1) is 0 Å². The molecule has 0 bridgehead atoms. The lowest BCUT2D eigenvalue weighted by Gasteiger charge is -2.20. The highest BCUT2D eigenvalue weighted by atomic mass is 32.2. The molecule has 0 aliphatic heterocycles. The molecule has 1 amide bonds. The molecule has 1 atom stereocenters. The zero-order valence-corrected chi connectivity index (χ0v) is 15.7. The Balaban J connectivity index is 1.84. The number of para-hydroxylation sites is 2. The highest BCUT2D eigenvalue weighted by Gasteiger charge is 2.22. The monoisotopic (exact) mass is 371 g/mol. The summed E-state index contributed by atoms with van der Waals surface area (Å²) in [6.07, 6.45) is 1.14. The van der Waals surface area contributed by atoms with Gasteiger partial charge in [0.15, 0.2) is 9.84 Å². The zero-order chi connectivity index (χ0) is 18.9. The summed E-state index contributed by atoms with van der Waals surface area (Å²) in [5.41, 5.74) is 2.17. The third kappa shape index (κ3) is 3.77. The van der Waals surface area contributed by atoms with Gasteiger partial charge < -0.3 is 10.3 Å². The molecule has 0 saturated carbocycles. The van der Waals surface area contributed by atoms with E-state index in [0.717, 1.165) is 17.3 Å². The first kappa shape index (κ1) is 18.1. The van der Waals surface area contributed by atoms with E-state index in [1.54, 1.807) is 0 Å². The molecule has 0 saturated heterocycles. The first-order chi connectivity index (χ1) is 12.3. The number of nitrogens with one attached hydrogen (secondary N) is 2. The summed E-state index contributed by atoms with van der Waals surface area (Å²) in [5, 5.41) is 2.99. The quantitative estimate of drug-likeness (QED) is 0.721. The van der Waals surface area contributed by atoms with Gasteiger partial charge in [0.1, 0.15) is 5.82 Å². The average Bonchev–Trinajstić information content (AvgIpc) is 3.02. The molecule has 0 aliphatic rings. The minimum Gasteiger partial charge on any atom is -0.342 e. The number of carbonyl (C=O) groups excluding carboxylic acids is 1. The van der Waals surface area contributed by atoms with E-state index in [0.29, 0.717) is 11.4 Å². The molecular formula is C19H21N3O3S. The van der Waals surface area contributed by atoms with Crippen LogP contribution in [0.4, 0.5) is 0 Å². The number of benzene rings is 2. The lowest BCUT2D eigenvalue weighted by atomic mass is 10.0. The van der Waals surface area contributed by atoms with Crippen LogP contribution in [0.2, 0.25) is 0 Å². The van der Waals surface area contributed by atoms with Crippen LogP contribution in [0.3, 0.4) is 0 Å². The van der Waals surface area contributed by atoms with Crippen LogP contribution in [-0.2, 0) is 9.84 Å². The van der Waals surface area contributed by atoms with Gasteiger partial charge in [-0.2, -0.15) is 0 Å². The SMILES string of the molecule is CC(C)C(NC(=O)c1ccc(S(C)(=O)=O)cc1)c1nc2ccccc2[nH]1. The van der Waals surface area contributed by atoms with Crippen molar-refractivity contribution < 1.29 is 13.2 Å². The molecule has 7 heteroatoms. The number of nitrogens with zero attached hydrogens (tertiary/aromatic N) is 1. The fraction of sp³-hybridized carbons (Fsp3) is 0.263. The second kappa shape index (κ2) is 6.92. The number of rotatable bonds is 5. The molecular weight excluding hydrogens is 350 g/mol. The topological polar surface area (TPSA) is 91.9 Å². The number of H-pyrrole nitrogens is 1. The summed E-state index contributed by atoms with van der Waals surface area (Å²) in [7, 11) is -3.29. The van der Waals surface area contributed by atoms with Crippen LogP contribution in [-0.4, -0.2) is 30.5 Å². The van der Waals surface area contributed by atoms with E-state index in [1.165, 1.54) is 24.3 Å². The molecule has 136 valence electrons. The maximum atomic E-state index is 12.6. The molecule has 1 heterocycles. The average molecular weight is 371 g/mol. The number of imidazole rings is 1. The van der Waals surface area contributed by atoms with Gasteiger partial charge in [0, 0.05) is 11.8 Å². The van der Waals surface area contributed by atoms with Crippen LogP contribution >= 0.6 is 0 Å². The number of aromatic amines is 1. The molecule has 0 aliphatic carbocycles. The maximum absolute atomic E-state index is 12.6. The molecule has 2 aromatic carbocycles. The number of sulfone groups is 1. The molecule has 3 aromatic rings.